The summed E-state index contributed by atoms with van der Waals surface area (Å²) in [5.41, 5.74) is 1.02. The average molecular weight is 208 g/mol. The van der Waals surface area contributed by atoms with Gasteiger partial charge in [0.15, 0.2) is 0 Å². The number of anilines is 1. The fraction of sp³-hybridized carbons (Fsp3) is 0.545. The van der Waals surface area contributed by atoms with Gasteiger partial charge in [-0.05, 0) is 18.9 Å². The number of hydrogen-bond acceptors (Lipinski definition) is 3. The number of pyridine rings is 1. The quantitative estimate of drug-likeness (QED) is 0.787. The molecular formula is C11H16N2O2. The Morgan fingerprint density at radius 3 is 2.80 bits per heavy atom. The van der Waals surface area contributed by atoms with E-state index in [9.17, 15) is 4.79 Å². The molecule has 15 heavy (non-hydrogen) atoms. The van der Waals surface area contributed by atoms with Crippen LogP contribution in [0.2, 0.25) is 0 Å². The number of aryl methyl sites for hydroxylation is 1. The molecule has 2 rings (SSSR count). The summed E-state index contributed by atoms with van der Waals surface area (Å²) < 4.78 is 6.87. The maximum Gasteiger partial charge on any atom is 0.250 e. The van der Waals surface area contributed by atoms with Crippen molar-refractivity contribution in [1.82, 2.24) is 4.57 Å². The molecule has 0 bridgehead atoms. The summed E-state index contributed by atoms with van der Waals surface area (Å²) in [6.45, 7) is 1.65. The van der Waals surface area contributed by atoms with Crippen LogP contribution in [0.25, 0.3) is 0 Å². The summed E-state index contributed by atoms with van der Waals surface area (Å²) >= 11 is 0. The lowest BCUT2D eigenvalue weighted by atomic mass is 10.1. The van der Waals surface area contributed by atoms with Gasteiger partial charge in [0.25, 0.3) is 0 Å². The zero-order valence-corrected chi connectivity index (χ0v) is 8.90. The molecular weight excluding hydrogens is 192 g/mol. The van der Waals surface area contributed by atoms with E-state index < -0.39 is 0 Å². The first-order valence-electron chi connectivity index (χ1n) is 5.27. The van der Waals surface area contributed by atoms with Gasteiger partial charge < -0.3 is 14.6 Å². The van der Waals surface area contributed by atoms with Gasteiger partial charge in [-0.1, -0.05) is 0 Å². The van der Waals surface area contributed by atoms with Crippen molar-refractivity contribution in [2.24, 2.45) is 7.05 Å². The third kappa shape index (κ3) is 2.59. The highest BCUT2D eigenvalue weighted by Crippen LogP contribution is 2.13. The second-order valence-electron chi connectivity index (χ2n) is 3.90. The molecule has 2 heterocycles. The van der Waals surface area contributed by atoms with Gasteiger partial charge >= 0.3 is 0 Å². The molecule has 0 radical (unpaired) electrons. The fourth-order valence-corrected chi connectivity index (χ4v) is 1.76. The molecule has 1 aliphatic rings. The summed E-state index contributed by atoms with van der Waals surface area (Å²) in [6.07, 6.45) is 3.89. The van der Waals surface area contributed by atoms with E-state index in [1.165, 1.54) is 0 Å². The molecule has 1 saturated heterocycles. The Morgan fingerprint density at radius 1 is 1.40 bits per heavy atom. The van der Waals surface area contributed by atoms with Crippen molar-refractivity contribution in [3.05, 3.63) is 28.7 Å². The standard InChI is InChI=1S/C11H16N2O2/c1-13-8-10(2-3-11(13)14)12-9-4-6-15-7-5-9/h2-3,8-9,12H,4-7H2,1H3. The van der Waals surface area contributed by atoms with Crippen LogP contribution in [-0.4, -0.2) is 23.8 Å². The molecule has 0 aromatic carbocycles. The lowest BCUT2D eigenvalue weighted by Gasteiger charge is -2.24. The zero-order valence-electron chi connectivity index (χ0n) is 8.90. The van der Waals surface area contributed by atoms with E-state index in [1.54, 1.807) is 17.7 Å². The molecule has 1 fully saturated rings. The Labute approximate surface area is 88.9 Å². The van der Waals surface area contributed by atoms with Crippen molar-refractivity contribution in [2.45, 2.75) is 18.9 Å². The Bertz CT molecular complexity index is 380. The number of aromatic nitrogens is 1. The van der Waals surface area contributed by atoms with Crippen LogP contribution in [0.5, 0.6) is 0 Å². The Balaban J connectivity index is 2.03. The summed E-state index contributed by atoms with van der Waals surface area (Å²) in [4.78, 5) is 11.2. The van der Waals surface area contributed by atoms with Crippen molar-refractivity contribution < 1.29 is 4.74 Å². The smallest absolute Gasteiger partial charge is 0.250 e. The van der Waals surface area contributed by atoms with Crippen LogP contribution in [-0.2, 0) is 11.8 Å². The Hall–Kier alpha value is -1.29. The van der Waals surface area contributed by atoms with Gasteiger partial charge in [0.2, 0.25) is 5.56 Å². The second kappa shape index (κ2) is 4.49. The van der Waals surface area contributed by atoms with E-state index in [1.807, 2.05) is 12.3 Å². The monoisotopic (exact) mass is 208 g/mol. The molecule has 0 amide bonds. The maximum atomic E-state index is 11.2. The molecule has 0 atom stereocenters. The lowest BCUT2D eigenvalue weighted by molar-refractivity contribution is 0.0904. The van der Waals surface area contributed by atoms with E-state index in [2.05, 4.69) is 5.32 Å². The third-order valence-corrected chi connectivity index (χ3v) is 2.68. The van der Waals surface area contributed by atoms with Crippen LogP contribution in [0.4, 0.5) is 5.69 Å². The fourth-order valence-electron chi connectivity index (χ4n) is 1.76. The van der Waals surface area contributed by atoms with Crippen molar-refractivity contribution in [1.29, 1.82) is 0 Å². The van der Waals surface area contributed by atoms with E-state index >= 15 is 0 Å². The highest BCUT2D eigenvalue weighted by atomic mass is 16.5. The van der Waals surface area contributed by atoms with E-state index in [0.29, 0.717) is 6.04 Å². The Morgan fingerprint density at radius 2 is 2.13 bits per heavy atom. The molecule has 0 spiro atoms. The first-order valence-corrected chi connectivity index (χ1v) is 5.27. The zero-order chi connectivity index (χ0) is 10.7. The van der Waals surface area contributed by atoms with Crippen LogP contribution in [0.3, 0.4) is 0 Å². The van der Waals surface area contributed by atoms with Crippen LogP contribution in [0.15, 0.2) is 23.1 Å². The first-order chi connectivity index (χ1) is 7.25. The van der Waals surface area contributed by atoms with Crippen LogP contribution in [0, 0.1) is 0 Å². The molecule has 1 N–H and O–H groups in total. The predicted octanol–water partition coefficient (Wildman–Crippen LogP) is 0.976. The molecule has 4 nitrogen and oxygen atoms in total. The van der Waals surface area contributed by atoms with Gasteiger partial charge in [-0.2, -0.15) is 0 Å². The molecule has 0 unspecified atom stereocenters. The third-order valence-electron chi connectivity index (χ3n) is 2.68. The first kappa shape index (κ1) is 10.2. The molecule has 0 aliphatic carbocycles. The van der Waals surface area contributed by atoms with Gasteiger partial charge in [0, 0.05) is 38.6 Å². The lowest BCUT2D eigenvalue weighted by Crippen LogP contribution is -2.28. The molecule has 1 aromatic rings. The predicted molar refractivity (Wildman–Crippen MR) is 59.1 cm³/mol. The minimum atomic E-state index is 0.0209. The van der Waals surface area contributed by atoms with Gasteiger partial charge in [-0.15, -0.1) is 0 Å². The number of nitrogens with one attached hydrogen (secondary N) is 1. The van der Waals surface area contributed by atoms with Crippen molar-refractivity contribution >= 4 is 5.69 Å². The van der Waals surface area contributed by atoms with Crippen molar-refractivity contribution in [3.63, 3.8) is 0 Å². The van der Waals surface area contributed by atoms with Gasteiger partial charge in [-0.25, -0.2) is 0 Å². The van der Waals surface area contributed by atoms with E-state index in [0.717, 1.165) is 31.7 Å². The number of rotatable bonds is 2. The largest absolute Gasteiger partial charge is 0.381 e. The molecule has 4 heteroatoms. The minimum absolute atomic E-state index is 0.0209. The SMILES string of the molecule is Cn1cc(NC2CCOCC2)ccc1=O. The van der Waals surface area contributed by atoms with Crippen molar-refractivity contribution in [2.75, 3.05) is 18.5 Å². The van der Waals surface area contributed by atoms with Gasteiger partial charge in [0.1, 0.15) is 0 Å². The second-order valence-corrected chi connectivity index (χ2v) is 3.90. The summed E-state index contributed by atoms with van der Waals surface area (Å²) in [7, 11) is 1.76. The maximum absolute atomic E-state index is 11.2. The van der Waals surface area contributed by atoms with Gasteiger partial charge in [-0.3, -0.25) is 4.79 Å². The highest BCUT2D eigenvalue weighted by molar-refractivity contribution is 5.41. The number of hydrogen-bond donors (Lipinski definition) is 1. The average Bonchev–Trinajstić information content (AvgIpc) is 2.25. The molecule has 82 valence electrons. The van der Waals surface area contributed by atoms with Crippen LogP contribution >= 0.6 is 0 Å². The molecule has 0 saturated carbocycles. The number of nitrogens with zero attached hydrogens (tertiary/aromatic N) is 1. The van der Waals surface area contributed by atoms with Gasteiger partial charge in [0.05, 0.1) is 5.69 Å². The summed E-state index contributed by atoms with van der Waals surface area (Å²) in [5, 5.41) is 3.41. The van der Waals surface area contributed by atoms with E-state index in [4.69, 9.17) is 4.74 Å². The number of ether oxygens (including phenoxy) is 1. The minimum Gasteiger partial charge on any atom is -0.381 e. The molecule has 1 aliphatic heterocycles. The van der Waals surface area contributed by atoms with E-state index in [-0.39, 0.29) is 5.56 Å². The topological polar surface area (TPSA) is 43.3 Å². The summed E-state index contributed by atoms with van der Waals surface area (Å²) in [6, 6.07) is 3.88. The summed E-state index contributed by atoms with van der Waals surface area (Å²) in [5.74, 6) is 0. The highest BCUT2D eigenvalue weighted by Gasteiger charge is 2.13. The van der Waals surface area contributed by atoms with Crippen LogP contribution < -0.4 is 10.9 Å². The Kier molecular flexibility index (Phi) is 3.06. The molecule has 1 aromatic heterocycles. The van der Waals surface area contributed by atoms with Crippen LogP contribution in [0.1, 0.15) is 12.8 Å². The van der Waals surface area contributed by atoms with Crippen molar-refractivity contribution in [3.8, 4) is 0 Å². The normalized spacial score (nSPS) is 17.7.